The molecule has 21 heavy (non-hydrogen) atoms. The Bertz CT molecular complexity index is 585. The summed E-state index contributed by atoms with van der Waals surface area (Å²) < 4.78 is 5.16. The normalized spacial score (nSPS) is 11.2. The van der Waals surface area contributed by atoms with Crippen molar-refractivity contribution in [2.75, 3.05) is 6.61 Å². The average Bonchev–Trinajstić information content (AvgIpc) is 2.53. The molecule has 0 aromatic heterocycles. The zero-order chi connectivity index (χ0) is 14.9. The predicted octanol–water partition coefficient (Wildman–Crippen LogP) is 3.96. The van der Waals surface area contributed by atoms with Crippen molar-refractivity contribution in [2.24, 2.45) is 0 Å². The number of hydrogen-bond acceptors (Lipinski definition) is 2. The van der Waals surface area contributed by atoms with Gasteiger partial charge in [-0.05, 0) is 24.5 Å². The fourth-order valence-electron chi connectivity index (χ4n) is 2.12. The Morgan fingerprint density at radius 3 is 2.10 bits per heavy atom. The first-order valence-corrected chi connectivity index (χ1v) is 7.23. The number of hydrogen-bond donors (Lipinski definition) is 0. The molecule has 0 aliphatic heterocycles. The molecule has 0 bridgehead atoms. The first kappa shape index (κ1) is 15.0. The fourth-order valence-corrected chi connectivity index (χ4v) is 2.12. The molecule has 2 aromatic rings. The Kier molecular flexibility index (Phi) is 5.77. The second-order valence-electron chi connectivity index (χ2n) is 4.80. The van der Waals surface area contributed by atoms with Crippen molar-refractivity contribution in [3.63, 3.8) is 0 Å². The van der Waals surface area contributed by atoms with Crippen molar-refractivity contribution in [3.8, 4) is 0 Å². The van der Waals surface area contributed by atoms with E-state index < -0.39 is 0 Å². The molecule has 0 atom stereocenters. The second-order valence-corrected chi connectivity index (χ2v) is 4.80. The molecule has 0 N–H and O–H groups in total. The van der Waals surface area contributed by atoms with Crippen LogP contribution in [0, 0.1) is 0 Å². The van der Waals surface area contributed by atoms with Gasteiger partial charge >= 0.3 is 5.97 Å². The molecule has 0 unspecified atom stereocenters. The molecule has 0 aliphatic carbocycles. The summed E-state index contributed by atoms with van der Waals surface area (Å²) in [6.45, 7) is 2.23. The Morgan fingerprint density at radius 1 is 0.952 bits per heavy atom. The van der Waals surface area contributed by atoms with E-state index in [1.165, 1.54) is 5.56 Å². The number of ether oxygens (including phenoxy) is 1. The van der Waals surface area contributed by atoms with E-state index in [9.17, 15) is 4.79 Å². The van der Waals surface area contributed by atoms with E-state index in [4.69, 9.17) is 4.74 Å². The van der Waals surface area contributed by atoms with Gasteiger partial charge in [-0.1, -0.05) is 66.7 Å². The van der Waals surface area contributed by atoms with Crippen LogP contribution in [0.5, 0.6) is 0 Å². The lowest BCUT2D eigenvalue weighted by molar-refractivity contribution is -0.138. The van der Waals surface area contributed by atoms with Crippen LogP contribution >= 0.6 is 0 Å². The zero-order valence-corrected chi connectivity index (χ0v) is 12.3. The third-order valence-electron chi connectivity index (χ3n) is 3.20. The molecule has 0 saturated heterocycles. The van der Waals surface area contributed by atoms with Gasteiger partial charge in [0.25, 0.3) is 0 Å². The topological polar surface area (TPSA) is 26.3 Å². The number of carbonyl (C=O) groups is 1. The molecule has 2 rings (SSSR count). The molecule has 0 radical (unpaired) electrons. The quantitative estimate of drug-likeness (QED) is 0.591. The molecule has 108 valence electrons. The maximum atomic E-state index is 12.1. The van der Waals surface area contributed by atoms with Crippen molar-refractivity contribution in [2.45, 2.75) is 19.8 Å². The van der Waals surface area contributed by atoms with Crippen LogP contribution in [0.2, 0.25) is 0 Å². The van der Waals surface area contributed by atoms with Crippen molar-refractivity contribution in [1.29, 1.82) is 0 Å². The summed E-state index contributed by atoms with van der Waals surface area (Å²) in [6.07, 6.45) is 3.31. The van der Waals surface area contributed by atoms with Crippen LogP contribution < -0.4 is 0 Å². The number of rotatable bonds is 6. The Balaban J connectivity index is 2.13. The van der Waals surface area contributed by atoms with Gasteiger partial charge in [0.15, 0.2) is 0 Å². The largest absolute Gasteiger partial charge is 0.463 e. The number of esters is 1. The van der Waals surface area contributed by atoms with Crippen LogP contribution in [0.1, 0.15) is 18.1 Å². The number of carbonyl (C=O) groups excluding carboxylic acids is 1. The van der Waals surface area contributed by atoms with E-state index in [0.717, 1.165) is 12.0 Å². The summed E-state index contributed by atoms with van der Waals surface area (Å²) >= 11 is 0. The highest BCUT2D eigenvalue weighted by molar-refractivity contribution is 5.89. The third kappa shape index (κ3) is 4.92. The van der Waals surface area contributed by atoms with E-state index in [1.807, 2.05) is 61.5 Å². The summed E-state index contributed by atoms with van der Waals surface area (Å²) in [6, 6.07) is 20.1. The van der Waals surface area contributed by atoms with Gasteiger partial charge in [0.05, 0.1) is 6.61 Å². The second kappa shape index (κ2) is 8.05. The lowest BCUT2D eigenvalue weighted by Gasteiger charge is -2.07. The summed E-state index contributed by atoms with van der Waals surface area (Å²) in [5.74, 6) is -0.225. The SMILES string of the molecule is CCOC(=O)C(=CCc1ccccc1)Cc1ccccc1. The molecular weight excluding hydrogens is 260 g/mol. The van der Waals surface area contributed by atoms with E-state index in [-0.39, 0.29) is 5.97 Å². The molecule has 0 saturated carbocycles. The molecular formula is C19H20O2. The van der Waals surface area contributed by atoms with Gasteiger partial charge in [-0.2, -0.15) is 0 Å². The average molecular weight is 280 g/mol. The van der Waals surface area contributed by atoms with E-state index >= 15 is 0 Å². The Labute approximate surface area is 126 Å². The molecule has 2 nitrogen and oxygen atoms in total. The molecule has 0 spiro atoms. The first-order chi connectivity index (χ1) is 10.3. The molecule has 0 aliphatic rings. The van der Waals surface area contributed by atoms with Gasteiger partial charge in [-0.3, -0.25) is 0 Å². The molecule has 0 amide bonds. The summed E-state index contributed by atoms with van der Waals surface area (Å²) in [5.41, 5.74) is 3.02. The minimum Gasteiger partial charge on any atom is -0.463 e. The van der Waals surface area contributed by atoms with Gasteiger partial charge in [-0.15, -0.1) is 0 Å². The lowest BCUT2D eigenvalue weighted by Crippen LogP contribution is -2.10. The minimum atomic E-state index is -0.225. The maximum Gasteiger partial charge on any atom is 0.334 e. The highest BCUT2D eigenvalue weighted by Gasteiger charge is 2.11. The van der Waals surface area contributed by atoms with Crippen molar-refractivity contribution >= 4 is 5.97 Å². The van der Waals surface area contributed by atoms with Gasteiger partial charge in [-0.25, -0.2) is 4.79 Å². The van der Waals surface area contributed by atoms with E-state index in [1.54, 1.807) is 0 Å². The summed E-state index contributed by atoms with van der Waals surface area (Å²) in [7, 11) is 0. The number of benzene rings is 2. The van der Waals surface area contributed by atoms with Gasteiger partial charge in [0, 0.05) is 12.0 Å². The minimum absolute atomic E-state index is 0.225. The highest BCUT2D eigenvalue weighted by Crippen LogP contribution is 2.12. The maximum absolute atomic E-state index is 12.1. The highest BCUT2D eigenvalue weighted by atomic mass is 16.5. The molecule has 2 aromatic carbocycles. The van der Waals surface area contributed by atoms with Crippen LogP contribution in [0.4, 0.5) is 0 Å². The summed E-state index contributed by atoms with van der Waals surface area (Å²) in [4.78, 5) is 12.1. The van der Waals surface area contributed by atoms with Crippen LogP contribution in [-0.4, -0.2) is 12.6 Å². The molecule has 2 heteroatoms. The predicted molar refractivity (Wildman–Crippen MR) is 85.0 cm³/mol. The van der Waals surface area contributed by atoms with Crippen LogP contribution in [0.25, 0.3) is 0 Å². The van der Waals surface area contributed by atoms with Crippen LogP contribution in [-0.2, 0) is 22.4 Å². The van der Waals surface area contributed by atoms with Crippen LogP contribution in [0.3, 0.4) is 0 Å². The fraction of sp³-hybridized carbons (Fsp3) is 0.211. The third-order valence-corrected chi connectivity index (χ3v) is 3.20. The summed E-state index contributed by atoms with van der Waals surface area (Å²) in [5, 5.41) is 0. The van der Waals surface area contributed by atoms with Crippen LogP contribution in [0.15, 0.2) is 72.3 Å². The Morgan fingerprint density at radius 2 is 1.52 bits per heavy atom. The van der Waals surface area contributed by atoms with Gasteiger partial charge in [0.1, 0.15) is 0 Å². The van der Waals surface area contributed by atoms with Crippen molar-refractivity contribution < 1.29 is 9.53 Å². The van der Waals surface area contributed by atoms with E-state index in [0.29, 0.717) is 18.6 Å². The van der Waals surface area contributed by atoms with E-state index in [2.05, 4.69) is 12.1 Å². The molecule has 0 heterocycles. The standard InChI is InChI=1S/C19H20O2/c1-2-21-19(20)18(15-17-11-7-4-8-12-17)14-13-16-9-5-3-6-10-16/h3-12,14H,2,13,15H2,1H3. The monoisotopic (exact) mass is 280 g/mol. The molecule has 0 fully saturated rings. The Hall–Kier alpha value is -2.35. The number of allylic oxidation sites excluding steroid dienone is 1. The zero-order valence-electron chi connectivity index (χ0n) is 12.3. The lowest BCUT2D eigenvalue weighted by atomic mass is 10.0. The van der Waals surface area contributed by atoms with Gasteiger partial charge < -0.3 is 4.74 Å². The van der Waals surface area contributed by atoms with Crippen molar-refractivity contribution in [3.05, 3.63) is 83.4 Å². The van der Waals surface area contributed by atoms with Crippen molar-refractivity contribution in [1.82, 2.24) is 0 Å². The first-order valence-electron chi connectivity index (χ1n) is 7.23. The van der Waals surface area contributed by atoms with Gasteiger partial charge in [0.2, 0.25) is 0 Å². The smallest absolute Gasteiger partial charge is 0.334 e.